The van der Waals surface area contributed by atoms with Crippen molar-refractivity contribution in [2.45, 2.75) is 20.0 Å². The molecule has 2 heterocycles. The molecule has 156 valence electrons. The van der Waals surface area contributed by atoms with Gasteiger partial charge in [-0.15, -0.1) is 34.2 Å². The van der Waals surface area contributed by atoms with Crippen molar-refractivity contribution in [3.05, 3.63) is 66.1 Å². The first-order valence-corrected chi connectivity index (χ1v) is 9.61. The second-order valence-corrected chi connectivity index (χ2v) is 6.78. The molecule has 29 heavy (non-hydrogen) atoms. The highest BCUT2D eigenvalue weighted by Crippen LogP contribution is 2.04. The zero-order valence-corrected chi connectivity index (χ0v) is 19.2. The van der Waals surface area contributed by atoms with Crippen molar-refractivity contribution in [1.29, 1.82) is 0 Å². The third-order valence-corrected chi connectivity index (χ3v) is 4.38. The highest BCUT2D eigenvalue weighted by Gasteiger charge is 2.07. The summed E-state index contributed by atoms with van der Waals surface area (Å²) in [6.45, 7) is 5.03. The van der Waals surface area contributed by atoms with Gasteiger partial charge in [0.2, 0.25) is 0 Å². The van der Waals surface area contributed by atoms with Crippen LogP contribution in [-0.4, -0.2) is 47.3 Å². The Morgan fingerprint density at radius 3 is 2.69 bits per heavy atom. The van der Waals surface area contributed by atoms with Crippen LogP contribution in [0.3, 0.4) is 0 Å². The second kappa shape index (κ2) is 12.4. The molecule has 2 N–H and O–H groups in total. The molecule has 0 bridgehead atoms. The highest BCUT2D eigenvalue weighted by molar-refractivity contribution is 14.0. The minimum absolute atomic E-state index is 0. The lowest BCUT2D eigenvalue weighted by Crippen LogP contribution is -2.41. The molecule has 1 atom stereocenters. The van der Waals surface area contributed by atoms with Gasteiger partial charge in [-0.2, -0.15) is 0 Å². The number of hydrogen-bond acceptors (Lipinski definition) is 4. The zero-order valence-electron chi connectivity index (χ0n) is 16.9. The van der Waals surface area contributed by atoms with Crippen molar-refractivity contribution in [2.75, 3.05) is 26.7 Å². The molecule has 8 heteroatoms. The Kier molecular flexibility index (Phi) is 9.85. The van der Waals surface area contributed by atoms with Gasteiger partial charge in [0.15, 0.2) is 11.6 Å². The fourth-order valence-electron chi connectivity index (χ4n) is 2.86. The van der Waals surface area contributed by atoms with Crippen LogP contribution in [-0.2, 0) is 17.8 Å². The van der Waals surface area contributed by atoms with E-state index >= 15 is 0 Å². The number of guanidine groups is 1. The van der Waals surface area contributed by atoms with Crippen LogP contribution in [0.4, 0.5) is 0 Å². The predicted octanol–water partition coefficient (Wildman–Crippen LogP) is 2.91. The van der Waals surface area contributed by atoms with Gasteiger partial charge in [-0.25, -0.2) is 0 Å². The van der Waals surface area contributed by atoms with Crippen LogP contribution in [0.5, 0.6) is 0 Å². The van der Waals surface area contributed by atoms with Crippen LogP contribution in [0.15, 0.2) is 59.7 Å². The van der Waals surface area contributed by atoms with Gasteiger partial charge in [-0.1, -0.05) is 43.3 Å². The van der Waals surface area contributed by atoms with Gasteiger partial charge in [-0.05, 0) is 23.6 Å². The summed E-state index contributed by atoms with van der Waals surface area (Å²) in [5.74, 6) is 2.09. The molecule has 0 radical (unpaired) electrons. The number of nitrogens with zero attached hydrogens (tertiary/aromatic N) is 4. The fraction of sp³-hybridized carbons (Fsp3) is 0.381. The van der Waals surface area contributed by atoms with Gasteiger partial charge in [0, 0.05) is 32.8 Å². The summed E-state index contributed by atoms with van der Waals surface area (Å²) in [6.07, 6.45) is 2.75. The van der Waals surface area contributed by atoms with E-state index < -0.39 is 0 Å². The predicted molar refractivity (Wildman–Crippen MR) is 127 cm³/mol. The third kappa shape index (κ3) is 7.28. The van der Waals surface area contributed by atoms with Crippen LogP contribution in [0.25, 0.3) is 5.65 Å². The molecule has 0 spiro atoms. The Bertz CT molecular complexity index is 883. The van der Waals surface area contributed by atoms with Crippen molar-refractivity contribution in [1.82, 2.24) is 25.2 Å². The third-order valence-electron chi connectivity index (χ3n) is 4.38. The van der Waals surface area contributed by atoms with E-state index in [2.05, 4.69) is 44.9 Å². The van der Waals surface area contributed by atoms with Crippen LogP contribution < -0.4 is 10.6 Å². The number of rotatable bonds is 9. The average molecular weight is 508 g/mol. The van der Waals surface area contributed by atoms with E-state index in [0.29, 0.717) is 19.1 Å². The molecule has 3 rings (SSSR count). The van der Waals surface area contributed by atoms with Gasteiger partial charge in [0.05, 0.1) is 13.2 Å². The molecular weight excluding hydrogens is 479 g/mol. The number of hydrogen-bond donors (Lipinski definition) is 2. The monoisotopic (exact) mass is 508 g/mol. The van der Waals surface area contributed by atoms with E-state index in [4.69, 9.17) is 4.74 Å². The first kappa shape index (κ1) is 23.1. The number of aromatic nitrogens is 3. The zero-order chi connectivity index (χ0) is 19.6. The molecule has 1 unspecified atom stereocenters. The Balaban J connectivity index is 0.00000300. The highest BCUT2D eigenvalue weighted by atomic mass is 127. The largest absolute Gasteiger partial charge is 0.376 e. The minimum atomic E-state index is 0. The Hall–Kier alpha value is -2.20. The molecule has 0 amide bonds. The van der Waals surface area contributed by atoms with Gasteiger partial charge in [0.25, 0.3) is 0 Å². The lowest BCUT2D eigenvalue weighted by molar-refractivity contribution is 0.0931. The minimum Gasteiger partial charge on any atom is -0.376 e. The molecule has 1 aromatic carbocycles. The van der Waals surface area contributed by atoms with E-state index in [0.717, 1.165) is 36.9 Å². The molecule has 3 aromatic rings. The molecule has 0 fully saturated rings. The maximum Gasteiger partial charge on any atom is 0.191 e. The number of benzene rings is 1. The average Bonchev–Trinajstić information content (AvgIpc) is 3.14. The smallest absolute Gasteiger partial charge is 0.191 e. The van der Waals surface area contributed by atoms with E-state index in [1.165, 1.54) is 5.56 Å². The number of pyridine rings is 1. The summed E-state index contributed by atoms with van der Waals surface area (Å²) in [5.41, 5.74) is 2.06. The normalized spacial score (nSPS) is 12.4. The standard InChI is InChI=1S/C21H28N6O.HI/c1-17(15-28-16-18-8-4-3-5-9-18)14-24-21(22-2)23-12-11-20-26-25-19-10-6-7-13-27(19)20;/h3-10,13,17H,11-12,14-16H2,1-2H3,(H2,22,23,24);1H. The van der Waals surface area contributed by atoms with Gasteiger partial charge in [-0.3, -0.25) is 9.39 Å². The van der Waals surface area contributed by atoms with E-state index in [1.807, 2.05) is 47.0 Å². The summed E-state index contributed by atoms with van der Waals surface area (Å²) < 4.78 is 7.80. The van der Waals surface area contributed by atoms with Gasteiger partial charge < -0.3 is 15.4 Å². The molecule has 7 nitrogen and oxygen atoms in total. The Morgan fingerprint density at radius 2 is 1.90 bits per heavy atom. The van der Waals surface area contributed by atoms with Crippen LogP contribution >= 0.6 is 24.0 Å². The number of ether oxygens (including phenoxy) is 1. The van der Waals surface area contributed by atoms with Crippen molar-refractivity contribution in [2.24, 2.45) is 10.9 Å². The quantitative estimate of drug-likeness (QED) is 0.264. The van der Waals surface area contributed by atoms with E-state index in [9.17, 15) is 0 Å². The SMILES string of the molecule is CN=C(NCCc1nnc2ccccn12)NCC(C)COCc1ccccc1.I. The maximum atomic E-state index is 5.80. The van der Waals surface area contributed by atoms with Crippen molar-refractivity contribution in [3.8, 4) is 0 Å². The molecule has 0 saturated heterocycles. The van der Waals surface area contributed by atoms with Crippen molar-refractivity contribution >= 4 is 35.6 Å². The second-order valence-electron chi connectivity index (χ2n) is 6.78. The van der Waals surface area contributed by atoms with Crippen molar-refractivity contribution < 1.29 is 4.74 Å². The maximum absolute atomic E-state index is 5.80. The topological polar surface area (TPSA) is 75.8 Å². The van der Waals surface area contributed by atoms with Crippen LogP contribution in [0.1, 0.15) is 18.3 Å². The molecule has 0 aliphatic rings. The van der Waals surface area contributed by atoms with Crippen LogP contribution in [0.2, 0.25) is 0 Å². The summed E-state index contributed by atoms with van der Waals surface area (Å²) >= 11 is 0. The number of halogens is 1. The lowest BCUT2D eigenvalue weighted by atomic mass is 10.2. The van der Waals surface area contributed by atoms with E-state index in [1.54, 1.807) is 7.05 Å². The van der Waals surface area contributed by atoms with Gasteiger partial charge >= 0.3 is 0 Å². The molecule has 2 aromatic heterocycles. The Morgan fingerprint density at radius 1 is 1.10 bits per heavy atom. The molecule has 0 aliphatic carbocycles. The number of nitrogens with one attached hydrogen (secondary N) is 2. The Labute approximate surface area is 189 Å². The van der Waals surface area contributed by atoms with Crippen molar-refractivity contribution in [3.63, 3.8) is 0 Å². The van der Waals surface area contributed by atoms with E-state index in [-0.39, 0.29) is 24.0 Å². The summed E-state index contributed by atoms with van der Waals surface area (Å²) in [6, 6.07) is 16.1. The van der Waals surface area contributed by atoms with Crippen LogP contribution in [0, 0.1) is 5.92 Å². The number of fused-ring (bicyclic) bond motifs is 1. The fourth-order valence-corrected chi connectivity index (χ4v) is 2.86. The molecular formula is C21H29IN6O. The molecule has 0 saturated carbocycles. The lowest BCUT2D eigenvalue weighted by Gasteiger charge is -2.16. The first-order chi connectivity index (χ1) is 13.8. The number of aliphatic imine (C=N–C) groups is 1. The summed E-state index contributed by atoms with van der Waals surface area (Å²) in [5, 5.41) is 15.1. The molecule has 0 aliphatic heterocycles. The summed E-state index contributed by atoms with van der Waals surface area (Å²) in [4.78, 5) is 4.28. The first-order valence-electron chi connectivity index (χ1n) is 9.61. The van der Waals surface area contributed by atoms with Gasteiger partial charge in [0.1, 0.15) is 5.82 Å². The summed E-state index contributed by atoms with van der Waals surface area (Å²) in [7, 11) is 1.78.